The lowest BCUT2D eigenvalue weighted by Gasteiger charge is -2.15. The molecule has 0 aromatic rings. The second kappa shape index (κ2) is 6.64. The van der Waals surface area contributed by atoms with E-state index in [0.29, 0.717) is 18.6 Å². The summed E-state index contributed by atoms with van der Waals surface area (Å²) in [5.41, 5.74) is 0. The molecule has 4 heteroatoms. The van der Waals surface area contributed by atoms with Gasteiger partial charge in [-0.3, -0.25) is 4.79 Å². The van der Waals surface area contributed by atoms with Crippen molar-refractivity contribution in [3.8, 4) is 0 Å². The van der Waals surface area contributed by atoms with Crippen LogP contribution in [0, 0.1) is 0 Å². The van der Waals surface area contributed by atoms with Crippen LogP contribution in [0.2, 0.25) is 0 Å². The van der Waals surface area contributed by atoms with E-state index in [4.69, 9.17) is 0 Å². The summed E-state index contributed by atoms with van der Waals surface area (Å²) in [5, 5.41) is 7.31. The first-order valence-electron chi connectivity index (χ1n) is 6.83. The minimum atomic E-state index is 0.185. The first-order chi connectivity index (χ1) is 8.28. The Kier molecular flexibility index (Phi) is 5.16. The molecule has 98 valence electrons. The standard InChI is InChI=1S/C13H24N2OS/c1-17-12-7-6-11(8-12)14-9-13(16)15-10-4-2-3-5-10/h10-12,14H,2-9H2,1H3,(H,15,16). The van der Waals surface area contributed by atoms with Gasteiger partial charge in [-0.25, -0.2) is 0 Å². The van der Waals surface area contributed by atoms with Crippen LogP contribution in [-0.4, -0.2) is 36.0 Å². The molecule has 2 saturated carbocycles. The third-order valence-electron chi connectivity index (χ3n) is 3.99. The molecule has 2 N–H and O–H groups in total. The number of thioether (sulfide) groups is 1. The van der Waals surface area contributed by atoms with E-state index in [1.54, 1.807) is 0 Å². The van der Waals surface area contributed by atoms with Gasteiger partial charge in [0.25, 0.3) is 0 Å². The van der Waals surface area contributed by atoms with E-state index in [1.165, 1.54) is 44.9 Å². The summed E-state index contributed by atoms with van der Waals surface area (Å²) in [5.74, 6) is 0.185. The Bertz CT molecular complexity index is 254. The van der Waals surface area contributed by atoms with Crippen molar-refractivity contribution in [1.82, 2.24) is 10.6 Å². The van der Waals surface area contributed by atoms with E-state index in [0.717, 1.165) is 5.25 Å². The van der Waals surface area contributed by atoms with Gasteiger partial charge < -0.3 is 10.6 Å². The fraction of sp³-hybridized carbons (Fsp3) is 0.923. The van der Waals surface area contributed by atoms with Crippen molar-refractivity contribution in [3.05, 3.63) is 0 Å². The summed E-state index contributed by atoms with van der Waals surface area (Å²) in [7, 11) is 0. The van der Waals surface area contributed by atoms with Crippen LogP contribution in [0.15, 0.2) is 0 Å². The van der Waals surface area contributed by atoms with Crippen LogP contribution in [0.4, 0.5) is 0 Å². The highest BCUT2D eigenvalue weighted by atomic mass is 32.2. The van der Waals surface area contributed by atoms with E-state index >= 15 is 0 Å². The topological polar surface area (TPSA) is 41.1 Å². The summed E-state index contributed by atoms with van der Waals surface area (Å²) in [6.45, 7) is 0.502. The third kappa shape index (κ3) is 4.18. The average Bonchev–Trinajstić information content (AvgIpc) is 2.96. The van der Waals surface area contributed by atoms with Gasteiger partial charge in [-0.2, -0.15) is 11.8 Å². The molecule has 3 nitrogen and oxygen atoms in total. The number of amides is 1. The Balaban J connectivity index is 1.59. The van der Waals surface area contributed by atoms with Gasteiger partial charge in [0.2, 0.25) is 5.91 Å². The highest BCUT2D eigenvalue weighted by Crippen LogP contribution is 2.27. The Morgan fingerprint density at radius 3 is 2.59 bits per heavy atom. The fourth-order valence-electron chi connectivity index (χ4n) is 2.93. The molecule has 0 radical (unpaired) electrons. The van der Waals surface area contributed by atoms with Gasteiger partial charge >= 0.3 is 0 Å². The molecule has 0 bridgehead atoms. The van der Waals surface area contributed by atoms with Gasteiger partial charge in [0.15, 0.2) is 0 Å². The van der Waals surface area contributed by atoms with Crippen LogP contribution in [0.25, 0.3) is 0 Å². The maximum Gasteiger partial charge on any atom is 0.234 e. The Morgan fingerprint density at radius 1 is 1.18 bits per heavy atom. The third-order valence-corrected chi connectivity index (χ3v) is 5.08. The summed E-state index contributed by atoms with van der Waals surface area (Å²) in [6.07, 6.45) is 10.8. The van der Waals surface area contributed by atoms with E-state index in [2.05, 4.69) is 16.9 Å². The van der Waals surface area contributed by atoms with Crippen molar-refractivity contribution in [2.75, 3.05) is 12.8 Å². The zero-order chi connectivity index (χ0) is 12.1. The van der Waals surface area contributed by atoms with Crippen molar-refractivity contribution in [2.24, 2.45) is 0 Å². The predicted molar refractivity (Wildman–Crippen MR) is 73.3 cm³/mol. The second-order valence-electron chi connectivity index (χ2n) is 5.30. The second-order valence-corrected chi connectivity index (χ2v) is 6.44. The van der Waals surface area contributed by atoms with Crippen LogP contribution >= 0.6 is 11.8 Å². The maximum atomic E-state index is 11.7. The molecule has 17 heavy (non-hydrogen) atoms. The highest BCUT2D eigenvalue weighted by Gasteiger charge is 2.24. The van der Waals surface area contributed by atoms with Crippen LogP contribution in [0.3, 0.4) is 0 Å². The van der Waals surface area contributed by atoms with Gasteiger partial charge in [0.05, 0.1) is 6.54 Å². The van der Waals surface area contributed by atoms with Gasteiger partial charge in [0.1, 0.15) is 0 Å². The lowest BCUT2D eigenvalue weighted by Crippen LogP contribution is -2.41. The number of hydrogen-bond donors (Lipinski definition) is 2. The molecule has 2 atom stereocenters. The highest BCUT2D eigenvalue weighted by molar-refractivity contribution is 7.99. The zero-order valence-electron chi connectivity index (χ0n) is 10.7. The number of nitrogens with one attached hydrogen (secondary N) is 2. The minimum absolute atomic E-state index is 0.185. The quantitative estimate of drug-likeness (QED) is 0.789. The molecule has 2 aliphatic carbocycles. The Morgan fingerprint density at radius 2 is 1.94 bits per heavy atom. The molecular formula is C13H24N2OS. The van der Waals surface area contributed by atoms with Gasteiger partial charge in [-0.15, -0.1) is 0 Å². The first-order valence-corrected chi connectivity index (χ1v) is 8.12. The maximum absolute atomic E-state index is 11.7. The van der Waals surface area contributed by atoms with Crippen LogP contribution in [-0.2, 0) is 4.79 Å². The van der Waals surface area contributed by atoms with Crippen molar-refractivity contribution in [3.63, 3.8) is 0 Å². The average molecular weight is 256 g/mol. The van der Waals surface area contributed by atoms with Gasteiger partial charge in [0, 0.05) is 17.3 Å². The molecule has 2 aliphatic rings. The summed E-state index contributed by atoms with van der Waals surface area (Å²) in [6, 6.07) is 1.01. The molecule has 0 spiro atoms. The molecular weight excluding hydrogens is 232 g/mol. The molecule has 0 saturated heterocycles. The van der Waals surface area contributed by atoms with Crippen LogP contribution in [0.1, 0.15) is 44.9 Å². The molecule has 2 rings (SSSR count). The van der Waals surface area contributed by atoms with E-state index in [1.807, 2.05) is 11.8 Å². The summed E-state index contributed by atoms with van der Waals surface area (Å²) in [4.78, 5) is 11.7. The minimum Gasteiger partial charge on any atom is -0.352 e. The first kappa shape index (κ1) is 13.2. The Hall–Kier alpha value is -0.220. The monoisotopic (exact) mass is 256 g/mol. The summed E-state index contributed by atoms with van der Waals surface area (Å²) < 4.78 is 0. The van der Waals surface area contributed by atoms with E-state index in [9.17, 15) is 4.79 Å². The molecule has 2 unspecified atom stereocenters. The van der Waals surface area contributed by atoms with Crippen molar-refractivity contribution >= 4 is 17.7 Å². The Labute approximate surface area is 108 Å². The number of rotatable bonds is 5. The van der Waals surface area contributed by atoms with Crippen molar-refractivity contribution < 1.29 is 4.79 Å². The fourth-order valence-corrected chi connectivity index (χ4v) is 3.72. The van der Waals surface area contributed by atoms with E-state index in [-0.39, 0.29) is 5.91 Å². The van der Waals surface area contributed by atoms with Gasteiger partial charge in [-0.1, -0.05) is 12.8 Å². The lowest BCUT2D eigenvalue weighted by atomic mass is 10.2. The molecule has 1 amide bonds. The number of carbonyl (C=O) groups is 1. The largest absolute Gasteiger partial charge is 0.352 e. The molecule has 2 fully saturated rings. The van der Waals surface area contributed by atoms with Crippen molar-refractivity contribution in [1.29, 1.82) is 0 Å². The predicted octanol–water partition coefficient (Wildman–Crippen LogP) is 1.92. The normalized spacial score (nSPS) is 29.7. The summed E-state index contributed by atoms with van der Waals surface area (Å²) >= 11 is 1.96. The lowest BCUT2D eigenvalue weighted by molar-refractivity contribution is -0.121. The van der Waals surface area contributed by atoms with Crippen LogP contribution in [0.5, 0.6) is 0 Å². The van der Waals surface area contributed by atoms with Gasteiger partial charge in [-0.05, 0) is 38.4 Å². The number of hydrogen-bond acceptors (Lipinski definition) is 3. The van der Waals surface area contributed by atoms with E-state index < -0.39 is 0 Å². The van der Waals surface area contributed by atoms with Crippen molar-refractivity contribution in [2.45, 2.75) is 62.3 Å². The smallest absolute Gasteiger partial charge is 0.234 e. The molecule has 0 heterocycles. The SMILES string of the molecule is CSC1CCC(NCC(=O)NC2CCCC2)C1. The zero-order valence-corrected chi connectivity index (χ0v) is 11.5. The molecule has 0 aromatic heterocycles. The molecule has 0 aliphatic heterocycles. The molecule has 0 aromatic carbocycles. The number of carbonyl (C=O) groups excluding carboxylic acids is 1. The van der Waals surface area contributed by atoms with Crippen LogP contribution < -0.4 is 10.6 Å².